The third-order valence-electron chi connectivity index (χ3n) is 4.57. The number of carbonyl (C=O) groups is 2. The summed E-state index contributed by atoms with van der Waals surface area (Å²) in [4.78, 5) is 25.4. The first kappa shape index (κ1) is 18.7. The molecule has 0 aliphatic heterocycles. The van der Waals surface area contributed by atoms with Crippen molar-refractivity contribution in [2.24, 2.45) is 0 Å². The van der Waals surface area contributed by atoms with Gasteiger partial charge in [0.1, 0.15) is 11.4 Å². The van der Waals surface area contributed by atoms with Crippen molar-refractivity contribution in [2.75, 3.05) is 13.7 Å². The minimum absolute atomic E-state index is 0.378. The first-order valence-corrected chi connectivity index (χ1v) is 9.22. The quantitative estimate of drug-likeness (QED) is 0.372. The summed E-state index contributed by atoms with van der Waals surface area (Å²) in [6, 6.07) is 15.1. The van der Waals surface area contributed by atoms with E-state index in [4.69, 9.17) is 4.74 Å². The van der Waals surface area contributed by atoms with E-state index >= 15 is 0 Å². The predicted molar refractivity (Wildman–Crippen MR) is 106 cm³/mol. The van der Waals surface area contributed by atoms with Crippen LogP contribution in [0.1, 0.15) is 36.7 Å². The van der Waals surface area contributed by atoms with E-state index in [0.29, 0.717) is 12.2 Å². The van der Waals surface area contributed by atoms with Gasteiger partial charge in [-0.1, -0.05) is 38.0 Å². The molecule has 5 heteroatoms. The number of nitrogens with one attached hydrogen (secondary N) is 1. The van der Waals surface area contributed by atoms with E-state index in [9.17, 15) is 9.59 Å². The molecule has 0 radical (unpaired) electrons. The molecule has 0 fully saturated rings. The van der Waals surface area contributed by atoms with E-state index in [1.54, 1.807) is 17.7 Å². The molecule has 27 heavy (non-hydrogen) atoms. The number of carbonyl (C=O) groups excluding carboxylic acids is 2. The van der Waals surface area contributed by atoms with Gasteiger partial charge in [0.05, 0.1) is 7.11 Å². The maximum absolute atomic E-state index is 12.9. The van der Waals surface area contributed by atoms with Crippen LogP contribution >= 0.6 is 0 Å². The number of aromatic nitrogens is 1. The van der Waals surface area contributed by atoms with E-state index in [-0.39, 0.29) is 0 Å². The Morgan fingerprint density at radius 2 is 1.85 bits per heavy atom. The standard InChI is InChI=1S/C22H24N2O3/c1-3-4-6-13-23-22(26)21(25)20-19(15-17-8-5-7-14-24(17)20)16-9-11-18(27-2)12-10-16/h5,7-12,14-15H,3-4,6,13H2,1-2H3,(H,23,26). The molecular weight excluding hydrogens is 340 g/mol. The largest absolute Gasteiger partial charge is 0.497 e. The summed E-state index contributed by atoms with van der Waals surface area (Å²) in [7, 11) is 1.61. The topological polar surface area (TPSA) is 59.8 Å². The number of methoxy groups -OCH3 is 1. The fourth-order valence-corrected chi connectivity index (χ4v) is 3.11. The van der Waals surface area contributed by atoms with Crippen LogP contribution in [0.4, 0.5) is 0 Å². The van der Waals surface area contributed by atoms with Crippen LogP contribution in [0.15, 0.2) is 54.7 Å². The van der Waals surface area contributed by atoms with Crippen molar-refractivity contribution in [3.8, 4) is 16.9 Å². The number of ketones is 1. The lowest BCUT2D eigenvalue weighted by atomic mass is 10.0. The monoisotopic (exact) mass is 364 g/mol. The highest BCUT2D eigenvalue weighted by Gasteiger charge is 2.24. The van der Waals surface area contributed by atoms with Gasteiger partial charge in [-0.3, -0.25) is 9.59 Å². The number of ether oxygens (including phenoxy) is 1. The second-order valence-electron chi connectivity index (χ2n) is 6.42. The molecular formula is C22H24N2O3. The molecule has 1 aromatic carbocycles. The van der Waals surface area contributed by atoms with Crippen LogP contribution in [0.5, 0.6) is 5.75 Å². The minimum Gasteiger partial charge on any atom is -0.497 e. The Morgan fingerprint density at radius 1 is 1.07 bits per heavy atom. The molecule has 3 aromatic rings. The van der Waals surface area contributed by atoms with E-state index in [1.807, 2.05) is 48.5 Å². The lowest BCUT2D eigenvalue weighted by molar-refractivity contribution is -0.117. The average Bonchev–Trinajstić information content (AvgIpc) is 3.10. The molecule has 1 amide bonds. The fourth-order valence-electron chi connectivity index (χ4n) is 3.11. The maximum atomic E-state index is 12.9. The van der Waals surface area contributed by atoms with E-state index in [1.165, 1.54) is 0 Å². The zero-order valence-corrected chi connectivity index (χ0v) is 15.7. The Labute approximate surface area is 159 Å². The third kappa shape index (κ3) is 4.03. The van der Waals surface area contributed by atoms with Crippen molar-refractivity contribution in [3.63, 3.8) is 0 Å². The first-order chi connectivity index (χ1) is 13.2. The normalized spacial score (nSPS) is 10.7. The van der Waals surface area contributed by atoms with Crippen LogP contribution in [0.2, 0.25) is 0 Å². The lowest BCUT2D eigenvalue weighted by Crippen LogP contribution is -2.32. The minimum atomic E-state index is -0.565. The Bertz CT molecular complexity index is 942. The maximum Gasteiger partial charge on any atom is 0.294 e. The number of Topliss-reactive ketones (excluding diaryl/α,β-unsaturated/α-hetero) is 1. The number of unbranched alkanes of at least 4 members (excludes halogenated alkanes) is 2. The fraction of sp³-hybridized carbons (Fsp3) is 0.273. The highest BCUT2D eigenvalue weighted by atomic mass is 16.5. The number of hydrogen-bond donors (Lipinski definition) is 1. The molecule has 0 aliphatic rings. The van der Waals surface area contributed by atoms with Crippen molar-refractivity contribution in [1.82, 2.24) is 9.72 Å². The number of benzene rings is 1. The lowest BCUT2D eigenvalue weighted by Gasteiger charge is -2.08. The zero-order valence-electron chi connectivity index (χ0n) is 15.7. The zero-order chi connectivity index (χ0) is 19.2. The van der Waals surface area contributed by atoms with Crippen LogP contribution < -0.4 is 10.1 Å². The smallest absolute Gasteiger partial charge is 0.294 e. The molecule has 0 saturated heterocycles. The van der Waals surface area contributed by atoms with Gasteiger partial charge < -0.3 is 14.5 Å². The number of pyridine rings is 1. The molecule has 0 unspecified atom stereocenters. The number of rotatable bonds is 8. The summed E-state index contributed by atoms with van der Waals surface area (Å²) < 4.78 is 6.98. The summed E-state index contributed by atoms with van der Waals surface area (Å²) >= 11 is 0. The van der Waals surface area contributed by atoms with Gasteiger partial charge in [-0.15, -0.1) is 0 Å². The summed E-state index contributed by atoms with van der Waals surface area (Å²) in [5, 5.41) is 2.75. The summed E-state index contributed by atoms with van der Waals surface area (Å²) in [6.45, 7) is 2.61. The van der Waals surface area contributed by atoms with Crippen LogP contribution in [0.3, 0.4) is 0 Å². The van der Waals surface area contributed by atoms with Crippen molar-refractivity contribution in [1.29, 1.82) is 0 Å². The van der Waals surface area contributed by atoms with Gasteiger partial charge in [-0.25, -0.2) is 0 Å². The van der Waals surface area contributed by atoms with Gasteiger partial charge in [-0.2, -0.15) is 0 Å². The Balaban J connectivity index is 1.97. The van der Waals surface area contributed by atoms with Gasteiger partial charge in [0.15, 0.2) is 0 Å². The van der Waals surface area contributed by atoms with Crippen LogP contribution in [-0.4, -0.2) is 29.7 Å². The SMILES string of the molecule is CCCCCNC(=O)C(=O)c1c(-c2ccc(OC)cc2)cc2ccccn12. The molecule has 3 rings (SSSR count). The molecule has 0 saturated carbocycles. The molecule has 0 spiro atoms. The van der Waals surface area contributed by atoms with Gasteiger partial charge >= 0.3 is 0 Å². The van der Waals surface area contributed by atoms with Crippen LogP contribution in [0, 0.1) is 0 Å². The molecule has 0 bridgehead atoms. The number of fused-ring (bicyclic) bond motifs is 1. The molecule has 1 N–H and O–H groups in total. The Hall–Kier alpha value is -3.08. The van der Waals surface area contributed by atoms with Crippen LogP contribution in [0.25, 0.3) is 16.6 Å². The highest BCUT2D eigenvalue weighted by molar-refractivity contribution is 6.43. The van der Waals surface area contributed by atoms with Crippen LogP contribution in [-0.2, 0) is 4.79 Å². The average molecular weight is 364 g/mol. The van der Waals surface area contributed by atoms with E-state index in [2.05, 4.69) is 12.2 Å². The highest BCUT2D eigenvalue weighted by Crippen LogP contribution is 2.29. The molecule has 5 nitrogen and oxygen atoms in total. The second-order valence-corrected chi connectivity index (χ2v) is 6.42. The molecule has 2 aromatic heterocycles. The van der Waals surface area contributed by atoms with Crippen molar-refractivity contribution < 1.29 is 14.3 Å². The number of hydrogen-bond acceptors (Lipinski definition) is 3. The summed E-state index contributed by atoms with van der Waals surface area (Å²) in [5.74, 6) is -0.350. The molecule has 2 heterocycles. The Kier molecular flexibility index (Phi) is 5.91. The number of nitrogens with zero attached hydrogens (tertiary/aromatic N) is 1. The summed E-state index contributed by atoms with van der Waals surface area (Å²) in [6.07, 6.45) is 4.77. The number of amides is 1. The first-order valence-electron chi connectivity index (χ1n) is 9.22. The van der Waals surface area contributed by atoms with Crippen molar-refractivity contribution in [3.05, 3.63) is 60.4 Å². The van der Waals surface area contributed by atoms with Gasteiger partial charge in [0, 0.05) is 23.8 Å². The third-order valence-corrected chi connectivity index (χ3v) is 4.57. The predicted octanol–water partition coefficient (Wildman–Crippen LogP) is 4.10. The van der Waals surface area contributed by atoms with Crippen molar-refractivity contribution >= 4 is 17.2 Å². The van der Waals surface area contributed by atoms with Crippen molar-refractivity contribution in [2.45, 2.75) is 26.2 Å². The van der Waals surface area contributed by atoms with Gasteiger partial charge in [0.25, 0.3) is 11.7 Å². The Morgan fingerprint density at radius 3 is 2.56 bits per heavy atom. The second kappa shape index (κ2) is 8.54. The van der Waals surface area contributed by atoms with E-state index in [0.717, 1.165) is 41.7 Å². The molecule has 140 valence electrons. The van der Waals surface area contributed by atoms with Gasteiger partial charge in [0.2, 0.25) is 0 Å². The molecule has 0 atom stereocenters. The molecule has 0 aliphatic carbocycles. The van der Waals surface area contributed by atoms with Gasteiger partial charge in [-0.05, 0) is 42.3 Å². The summed E-state index contributed by atoms with van der Waals surface area (Å²) in [5.41, 5.74) is 2.84. The van der Waals surface area contributed by atoms with E-state index < -0.39 is 11.7 Å².